The van der Waals surface area contributed by atoms with Crippen LogP contribution in [0.25, 0.3) is 0 Å². The smallest absolute Gasteiger partial charge is 0.0622 e. The van der Waals surface area contributed by atoms with Crippen molar-refractivity contribution in [1.29, 1.82) is 0 Å². The summed E-state index contributed by atoms with van der Waals surface area (Å²) in [6.07, 6.45) is 2.21. The molecule has 0 aliphatic heterocycles. The van der Waals surface area contributed by atoms with Gasteiger partial charge in [-0.3, -0.25) is 0 Å². The third kappa shape index (κ3) is 5.85. The summed E-state index contributed by atoms with van der Waals surface area (Å²) in [6.45, 7) is 9.00. The van der Waals surface area contributed by atoms with E-state index in [1.54, 1.807) is 0 Å². The van der Waals surface area contributed by atoms with E-state index in [-0.39, 0.29) is 0 Å². The van der Waals surface area contributed by atoms with Crippen LogP contribution < -0.4 is 5.32 Å². The van der Waals surface area contributed by atoms with Crippen LogP contribution in [0, 0.1) is 6.92 Å². The Labute approximate surface area is 105 Å². The number of ether oxygens (including phenoxy) is 1. The highest BCUT2D eigenvalue weighted by Crippen LogP contribution is 2.06. The quantitative estimate of drug-likeness (QED) is 0.748. The predicted octanol–water partition coefficient (Wildman–Crippen LogP) is 2.94. The summed E-state index contributed by atoms with van der Waals surface area (Å²) in [5, 5.41) is 3.54. The van der Waals surface area contributed by atoms with Gasteiger partial charge in [0.1, 0.15) is 0 Å². The van der Waals surface area contributed by atoms with Gasteiger partial charge in [-0.1, -0.05) is 36.8 Å². The molecule has 0 heterocycles. The van der Waals surface area contributed by atoms with Crippen LogP contribution in [0.2, 0.25) is 0 Å². The summed E-state index contributed by atoms with van der Waals surface area (Å²) in [7, 11) is 0. The second-order valence-electron chi connectivity index (χ2n) is 4.50. The molecule has 0 saturated carbocycles. The largest absolute Gasteiger partial charge is 0.380 e. The first kappa shape index (κ1) is 14.2. The summed E-state index contributed by atoms with van der Waals surface area (Å²) in [5.74, 6) is 0. The molecule has 0 aliphatic carbocycles. The van der Waals surface area contributed by atoms with E-state index in [0.717, 1.165) is 32.6 Å². The van der Waals surface area contributed by atoms with E-state index in [0.29, 0.717) is 6.04 Å². The lowest BCUT2D eigenvalue weighted by molar-refractivity contribution is 0.122. The number of hydrogen-bond acceptors (Lipinski definition) is 2. The van der Waals surface area contributed by atoms with Crippen molar-refractivity contribution in [2.24, 2.45) is 0 Å². The highest BCUT2D eigenvalue weighted by molar-refractivity contribution is 5.22. The Morgan fingerprint density at radius 1 is 1.18 bits per heavy atom. The van der Waals surface area contributed by atoms with Gasteiger partial charge in [-0.15, -0.1) is 0 Å². The van der Waals surface area contributed by atoms with Crippen LogP contribution in [0.4, 0.5) is 0 Å². The Balaban J connectivity index is 2.48. The molecule has 96 valence electrons. The lowest BCUT2D eigenvalue weighted by Crippen LogP contribution is -2.36. The van der Waals surface area contributed by atoms with Gasteiger partial charge in [-0.2, -0.15) is 0 Å². The van der Waals surface area contributed by atoms with Crippen molar-refractivity contribution < 1.29 is 4.74 Å². The van der Waals surface area contributed by atoms with Crippen LogP contribution in [-0.2, 0) is 11.2 Å². The number of benzene rings is 1. The number of rotatable bonds is 8. The molecule has 0 saturated heterocycles. The van der Waals surface area contributed by atoms with Crippen molar-refractivity contribution in [3.05, 3.63) is 35.4 Å². The Bertz CT molecular complexity index is 286. The highest BCUT2D eigenvalue weighted by atomic mass is 16.5. The predicted molar refractivity (Wildman–Crippen MR) is 73.5 cm³/mol. The fourth-order valence-electron chi connectivity index (χ4n) is 1.81. The van der Waals surface area contributed by atoms with E-state index in [1.807, 2.05) is 6.92 Å². The van der Waals surface area contributed by atoms with E-state index < -0.39 is 0 Å². The zero-order valence-corrected chi connectivity index (χ0v) is 11.3. The molecule has 0 aromatic heterocycles. The van der Waals surface area contributed by atoms with Crippen molar-refractivity contribution in [3.8, 4) is 0 Å². The van der Waals surface area contributed by atoms with Gasteiger partial charge in [-0.05, 0) is 38.8 Å². The molecule has 1 rings (SSSR count). The lowest BCUT2D eigenvalue weighted by atomic mass is 10.0. The molecule has 1 unspecified atom stereocenters. The lowest BCUT2D eigenvalue weighted by Gasteiger charge is -2.18. The molecular weight excluding hydrogens is 210 g/mol. The molecule has 0 bridgehead atoms. The SMILES string of the molecule is CCCNC(COCC)Cc1ccc(C)cc1. The zero-order chi connectivity index (χ0) is 12.5. The molecule has 17 heavy (non-hydrogen) atoms. The van der Waals surface area contributed by atoms with Crippen molar-refractivity contribution in [2.75, 3.05) is 19.8 Å². The highest BCUT2D eigenvalue weighted by Gasteiger charge is 2.08. The zero-order valence-electron chi connectivity index (χ0n) is 11.3. The maximum atomic E-state index is 5.53. The van der Waals surface area contributed by atoms with Gasteiger partial charge >= 0.3 is 0 Å². The first-order valence-electron chi connectivity index (χ1n) is 6.63. The average Bonchev–Trinajstić information content (AvgIpc) is 2.35. The molecule has 0 fully saturated rings. The van der Waals surface area contributed by atoms with Gasteiger partial charge in [0.15, 0.2) is 0 Å². The summed E-state index contributed by atoms with van der Waals surface area (Å²) >= 11 is 0. The van der Waals surface area contributed by atoms with E-state index >= 15 is 0 Å². The molecule has 0 spiro atoms. The van der Waals surface area contributed by atoms with E-state index in [4.69, 9.17) is 4.74 Å². The Morgan fingerprint density at radius 3 is 2.47 bits per heavy atom. The Kier molecular flexibility index (Phi) is 6.90. The van der Waals surface area contributed by atoms with Crippen molar-refractivity contribution in [1.82, 2.24) is 5.32 Å². The summed E-state index contributed by atoms with van der Waals surface area (Å²) in [5.41, 5.74) is 2.69. The number of hydrogen-bond donors (Lipinski definition) is 1. The fraction of sp³-hybridized carbons (Fsp3) is 0.600. The molecule has 2 nitrogen and oxygen atoms in total. The van der Waals surface area contributed by atoms with Gasteiger partial charge in [0.2, 0.25) is 0 Å². The summed E-state index contributed by atoms with van der Waals surface area (Å²) in [6, 6.07) is 9.20. The normalized spacial score (nSPS) is 12.6. The minimum atomic E-state index is 0.428. The molecule has 0 amide bonds. The maximum Gasteiger partial charge on any atom is 0.0622 e. The Morgan fingerprint density at radius 2 is 1.88 bits per heavy atom. The molecule has 1 aromatic rings. The monoisotopic (exact) mass is 235 g/mol. The number of aryl methyl sites for hydroxylation is 1. The second-order valence-corrected chi connectivity index (χ2v) is 4.50. The van der Waals surface area contributed by atoms with Crippen molar-refractivity contribution in [2.45, 2.75) is 39.7 Å². The van der Waals surface area contributed by atoms with Crippen LogP contribution in [0.5, 0.6) is 0 Å². The molecule has 0 radical (unpaired) electrons. The minimum absolute atomic E-state index is 0.428. The Hall–Kier alpha value is -0.860. The first-order chi connectivity index (χ1) is 8.26. The molecule has 1 atom stereocenters. The van der Waals surface area contributed by atoms with Gasteiger partial charge in [0.05, 0.1) is 6.61 Å². The molecule has 0 aliphatic rings. The van der Waals surface area contributed by atoms with Crippen LogP contribution in [0.15, 0.2) is 24.3 Å². The van der Waals surface area contributed by atoms with Crippen molar-refractivity contribution >= 4 is 0 Å². The summed E-state index contributed by atoms with van der Waals surface area (Å²) < 4.78 is 5.53. The van der Waals surface area contributed by atoms with Crippen molar-refractivity contribution in [3.63, 3.8) is 0 Å². The minimum Gasteiger partial charge on any atom is -0.380 e. The van der Waals surface area contributed by atoms with Gasteiger partial charge < -0.3 is 10.1 Å². The topological polar surface area (TPSA) is 21.3 Å². The van der Waals surface area contributed by atoms with Crippen LogP contribution in [0.3, 0.4) is 0 Å². The third-order valence-corrected chi connectivity index (χ3v) is 2.81. The van der Waals surface area contributed by atoms with Crippen LogP contribution in [-0.4, -0.2) is 25.8 Å². The molecule has 1 N–H and O–H groups in total. The third-order valence-electron chi connectivity index (χ3n) is 2.81. The summed E-state index contributed by atoms with van der Waals surface area (Å²) in [4.78, 5) is 0. The van der Waals surface area contributed by atoms with E-state index in [9.17, 15) is 0 Å². The molecule has 2 heteroatoms. The number of nitrogens with one attached hydrogen (secondary N) is 1. The van der Waals surface area contributed by atoms with Gasteiger partial charge in [0.25, 0.3) is 0 Å². The fourth-order valence-corrected chi connectivity index (χ4v) is 1.81. The van der Waals surface area contributed by atoms with Crippen LogP contribution in [0.1, 0.15) is 31.4 Å². The maximum absolute atomic E-state index is 5.53. The second kappa shape index (κ2) is 8.26. The molecular formula is C15H25NO. The van der Waals surface area contributed by atoms with Gasteiger partial charge in [-0.25, -0.2) is 0 Å². The van der Waals surface area contributed by atoms with E-state index in [2.05, 4.69) is 43.4 Å². The average molecular weight is 235 g/mol. The van der Waals surface area contributed by atoms with Crippen LogP contribution >= 0.6 is 0 Å². The standard InChI is InChI=1S/C15H25NO/c1-4-10-16-15(12-17-5-2)11-14-8-6-13(3)7-9-14/h6-9,15-16H,4-5,10-12H2,1-3H3. The van der Waals surface area contributed by atoms with Gasteiger partial charge in [0, 0.05) is 12.6 Å². The van der Waals surface area contributed by atoms with E-state index in [1.165, 1.54) is 11.1 Å². The molecule has 1 aromatic carbocycles. The first-order valence-corrected chi connectivity index (χ1v) is 6.63.